The Morgan fingerprint density at radius 2 is 2.00 bits per heavy atom. The molecule has 0 aliphatic heterocycles. The van der Waals surface area contributed by atoms with Crippen LogP contribution in [0, 0.1) is 13.8 Å². The fourth-order valence-corrected chi connectivity index (χ4v) is 3.44. The Bertz CT molecular complexity index is 1170. The van der Waals surface area contributed by atoms with E-state index in [2.05, 4.69) is 33.7 Å². The maximum Gasteiger partial charge on any atom is 0.253 e. The number of carbonyl (C=O) groups is 1. The van der Waals surface area contributed by atoms with E-state index in [1.165, 1.54) is 0 Å². The van der Waals surface area contributed by atoms with Crippen LogP contribution >= 0.6 is 0 Å². The molecular formula is C22H24N6O. The molecule has 0 atom stereocenters. The summed E-state index contributed by atoms with van der Waals surface area (Å²) in [4.78, 5) is 26.2. The molecule has 0 saturated carbocycles. The number of hydrogen-bond donors (Lipinski definition) is 1. The molecule has 0 aliphatic carbocycles. The standard InChI is InChI=1S/C22H24N6O/c1-14(2)28-13-19(26-16(28)4)21-9-18(20-7-5-6-8-27(20)21)22(29)25-12-17-11-23-15(3)10-24-17/h5-11,13-14H,12H2,1-4H3,(H,25,29). The monoisotopic (exact) mass is 388 g/mol. The number of nitrogens with one attached hydrogen (secondary N) is 1. The first-order chi connectivity index (χ1) is 13.9. The van der Waals surface area contributed by atoms with Crippen LogP contribution in [0.3, 0.4) is 0 Å². The van der Waals surface area contributed by atoms with E-state index in [1.807, 2.05) is 54.9 Å². The van der Waals surface area contributed by atoms with Gasteiger partial charge in [-0.15, -0.1) is 0 Å². The van der Waals surface area contributed by atoms with E-state index in [0.29, 0.717) is 18.2 Å². The zero-order chi connectivity index (χ0) is 20.5. The lowest BCUT2D eigenvalue weighted by atomic mass is 10.2. The van der Waals surface area contributed by atoms with E-state index < -0.39 is 0 Å². The molecule has 7 nitrogen and oxygen atoms in total. The molecule has 1 amide bonds. The van der Waals surface area contributed by atoms with Crippen LogP contribution in [0.5, 0.6) is 0 Å². The number of carbonyl (C=O) groups excluding carboxylic acids is 1. The number of aromatic nitrogens is 5. The van der Waals surface area contributed by atoms with E-state index >= 15 is 0 Å². The minimum Gasteiger partial charge on any atom is -0.346 e. The van der Waals surface area contributed by atoms with Crippen molar-refractivity contribution in [3.8, 4) is 11.4 Å². The average Bonchev–Trinajstić information content (AvgIpc) is 3.28. The molecule has 7 heteroatoms. The van der Waals surface area contributed by atoms with Gasteiger partial charge in [-0.3, -0.25) is 14.8 Å². The summed E-state index contributed by atoms with van der Waals surface area (Å²) in [5.41, 5.74) is 4.76. The van der Waals surface area contributed by atoms with E-state index in [9.17, 15) is 4.79 Å². The second-order valence-electron chi connectivity index (χ2n) is 7.41. The lowest BCUT2D eigenvalue weighted by Gasteiger charge is -2.07. The van der Waals surface area contributed by atoms with Gasteiger partial charge in [0.2, 0.25) is 0 Å². The van der Waals surface area contributed by atoms with Crippen LogP contribution in [0.2, 0.25) is 0 Å². The molecule has 0 fully saturated rings. The summed E-state index contributed by atoms with van der Waals surface area (Å²) in [6.07, 6.45) is 7.37. The third kappa shape index (κ3) is 3.63. The van der Waals surface area contributed by atoms with Crippen LogP contribution in [0.15, 0.2) is 49.1 Å². The minimum absolute atomic E-state index is 0.151. The molecule has 0 unspecified atom stereocenters. The van der Waals surface area contributed by atoms with Gasteiger partial charge in [0.05, 0.1) is 40.9 Å². The molecule has 0 bridgehead atoms. The number of fused-ring (bicyclic) bond motifs is 1. The second-order valence-corrected chi connectivity index (χ2v) is 7.41. The van der Waals surface area contributed by atoms with Gasteiger partial charge in [0.25, 0.3) is 5.91 Å². The highest BCUT2D eigenvalue weighted by molar-refractivity contribution is 6.02. The highest BCUT2D eigenvalue weighted by atomic mass is 16.1. The smallest absolute Gasteiger partial charge is 0.253 e. The maximum absolute atomic E-state index is 12.9. The number of imidazole rings is 1. The van der Waals surface area contributed by atoms with Gasteiger partial charge in [0.1, 0.15) is 11.5 Å². The molecule has 4 aromatic heterocycles. The fraction of sp³-hybridized carbons (Fsp3) is 0.273. The largest absolute Gasteiger partial charge is 0.346 e. The summed E-state index contributed by atoms with van der Waals surface area (Å²) in [6.45, 7) is 8.46. The maximum atomic E-state index is 12.9. The van der Waals surface area contributed by atoms with E-state index in [-0.39, 0.29) is 5.91 Å². The van der Waals surface area contributed by atoms with Gasteiger partial charge in [0.15, 0.2) is 0 Å². The summed E-state index contributed by atoms with van der Waals surface area (Å²) in [7, 11) is 0. The van der Waals surface area contributed by atoms with Crippen LogP contribution in [-0.2, 0) is 6.54 Å². The van der Waals surface area contributed by atoms with Crippen molar-refractivity contribution in [2.24, 2.45) is 0 Å². The molecule has 148 valence electrons. The second kappa shape index (κ2) is 7.50. The van der Waals surface area contributed by atoms with Gasteiger partial charge >= 0.3 is 0 Å². The quantitative estimate of drug-likeness (QED) is 0.565. The zero-order valence-corrected chi connectivity index (χ0v) is 17.0. The van der Waals surface area contributed by atoms with Crippen LogP contribution in [0.25, 0.3) is 16.9 Å². The molecule has 0 aromatic carbocycles. The van der Waals surface area contributed by atoms with Crippen molar-refractivity contribution in [3.05, 3.63) is 71.8 Å². The van der Waals surface area contributed by atoms with Crippen molar-refractivity contribution in [1.82, 2.24) is 29.2 Å². The first-order valence-corrected chi connectivity index (χ1v) is 9.65. The van der Waals surface area contributed by atoms with E-state index in [1.54, 1.807) is 12.4 Å². The van der Waals surface area contributed by atoms with Crippen LogP contribution < -0.4 is 5.32 Å². The predicted molar refractivity (Wildman–Crippen MR) is 112 cm³/mol. The number of rotatable bonds is 5. The Hall–Kier alpha value is -3.48. The molecule has 0 spiro atoms. The fourth-order valence-electron chi connectivity index (χ4n) is 3.44. The Balaban J connectivity index is 1.67. The lowest BCUT2D eigenvalue weighted by molar-refractivity contribution is 0.0952. The first kappa shape index (κ1) is 18.9. The minimum atomic E-state index is -0.151. The highest BCUT2D eigenvalue weighted by Crippen LogP contribution is 2.27. The molecule has 4 rings (SSSR count). The SMILES string of the molecule is Cc1cnc(CNC(=O)c2cc(-c3cn(C(C)C)c(C)n3)n3ccccc23)cn1. The number of pyridine rings is 1. The molecule has 29 heavy (non-hydrogen) atoms. The van der Waals surface area contributed by atoms with Crippen molar-refractivity contribution in [2.75, 3.05) is 0 Å². The van der Waals surface area contributed by atoms with Crippen molar-refractivity contribution in [1.29, 1.82) is 0 Å². The molecule has 4 aromatic rings. The number of nitrogens with zero attached hydrogens (tertiary/aromatic N) is 5. The summed E-state index contributed by atoms with van der Waals surface area (Å²) in [5, 5.41) is 2.95. The predicted octanol–water partition coefficient (Wildman–Crippen LogP) is 3.72. The van der Waals surface area contributed by atoms with Crippen LogP contribution in [0.4, 0.5) is 0 Å². The Kier molecular flexibility index (Phi) is 4.88. The van der Waals surface area contributed by atoms with Crippen molar-refractivity contribution in [2.45, 2.75) is 40.3 Å². The normalized spacial score (nSPS) is 11.3. The summed E-state index contributed by atoms with van der Waals surface area (Å²) in [6, 6.07) is 8.04. The molecule has 0 radical (unpaired) electrons. The molecule has 1 N–H and O–H groups in total. The van der Waals surface area contributed by atoms with E-state index in [4.69, 9.17) is 4.98 Å². The summed E-state index contributed by atoms with van der Waals surface area (Å²) < 4.78 is 4.14. The molecule has 0 saturated heterocycles. The third-order valence-electron chi connectivity index (χ3n) is 4.92. The first-order valence-electron chi connectivity index (χ1n) is 9.65. The van der Waals surface area contributed by atoms with Gasteiger partial charge < -0.3 is 14.3 Å². The number of amides is 1. The van der Waals surface area contributed by atoms with Crippen molar-refractivity contribution >= 4 is 11.4 Å². The van der Waals surface area contributed by atoms with Crippen molar-refractivity contribution < 1.29 is 4.79 Å². The Morgan fingerprint density at radius 3 is 2.69 bits per heavy atom. The number of aryl methyl sites for hydroxylation is 2. The van der Waals surface area contributed by atoms with Gasteiger partial charge in [-0.25, -0.2) is 4.98 Å². The summed E-state index contributed by atoms with van der Waals surface area (Å²) >= 11 is 0. The van der Waals surface area contributed by atoms with Crippen LogP contribution in [-0.4, -0.2) is 29.8 Å². The number of hydrogen-bond acceptors (Lipinski definition) is 4. The van der Waals surface area contributed by atoms with Gasteiger partial charge in [-0.1, -0.05) is 6.07 Å². The van der Waals surface area contributed by atoms with Crippen LogP contribution in [0.1, 0.15) is 47.5 Å². The lowest BCUT2D eigenvalue weighted by Crippen LogP contribution is -2.23. The van der Waals surface area contributed by atoms with E-state index in [0.717, 1.165) is 34.1 Å². The molecular weight excluding hydrogens is 364 g/mol. The molecule has 0 aliphatic rings. The van der Waals surface area contributed by atoms with Gasteiger partial charge in [-0.2, -0.15) is 0 Å². The highest BCUT2D eigenvalue weighted by Gasteiger charge is 2.18. The molecule has 4 heterocycles. The van der Waals surface area contributed by atoms with Gasteiger partial charge in [0, 0.05) is 24.6 Å². The zero-order valence-electron chi connectivity index (χ0n) is 17.0. The Morgan fingerprint density at radius 1 is 1.17 bits per heavy atom. The average molecular weight is 388 g/mol. The Labute approximate surface area is 169 Å². The van der Waals surface area contributed by atoms with Gasteiger partial charge in [-0.05, 0) is 45.9 Å². The van der Waals surface area contributed by atoms with Crippen molar-refractivity contribution in [3.63, 3.8) is 0 Å². The summed E-state index contributed by atoms with van der Waals surface area (Å²) in [5.74, 6) is 0.798. The topological polar surface area (TPSA) is 77.1 Å². The third-order valence-corrected chi connectivity index (χ3v) is 4.92.